The molecule has 0 amide bonds. The van der Waals surface area contributed by atoms with Crippen LogP contribution >= 0.6 is 0 Å². The molecule has 3 rings (SSSR count). The van der Waals surface area contributed by atoms with Crippen LogP contribution in [0, 0.1) is 13.8 Å². The highest BCUT2D eigenvalue weighted by atomic mass is 16.5. The van der Waals surface area contributed by atoms with Gasteiger partial charge < -0.3 is 15.0 Å². The molecule has 1 fully saturated rings. The maximum Gasteiger partial charge on any atom is 0.136 e. The fraction of sp³-hybridized carbons (Fsp3) is 0.375. The van der Waals surface area contributed by atoms with E-state index in [2.05, 4.69) is 39.2 Å². The molecule has 1 saturated heterocycles. The minimum Gasteiger partial charge on any atom is -0.378 e. The summed E-state index contributed by atoms with van der Waals surface area (Å²) in [5, 5.41) is 3.38. The Balaban J connectivity index is 1.85. The smallest absolute Gasteiger partial charge is 0.136 e. The summed E-state index contributed by atoms with van der Waals surface area (Å²) < 4.78 is 5.39. The van der Waals surface area contributed by atoms with Crippen molar-refractivity contribution in [3.8, 4) is 0 Å². The molecule has 0 saturated carbocycles. The lowest BCUT2D eigenvalue weighted by atomic mass is 10.2. The highest BCUT2D eigenvalue weighted by Crippen LogP contribution is 2.22. The molecule has 0 radical (unpaired) electrons. The minimum atomic E-state index is 0.754. The molecule has 0 atom stereocenters. The predicted molar refractivity (Wildman–Crippen MR) is 84.3 cm³/mol. The summed E-state index contributed by atoms with van der Waals surface area (Å²) in [4.78, 5) is 11.3. The topological polar surface area (TPSA) is 50.3 Å². The summed E-state index contributed by atoms with van der Waals surface area (Å²) in [5.74, 6) is 2.57. The van der Waals surface area contributed by atoms with Gasteiger partial charge in [0.15, 0.2) is 0 Å². The number of morpholine rings is 1. The second-order valence-electron chi connectivity index (χ2n) is 5.20. The average molecular weight is 284 g/mol. The van der Waals surface area contributed by atoms with Gasteiger partial charge in [0, 0.05) is 24.8 Å². The van der Waals surface area contributed by atoms with Crippen LogP contribution in [0.5, 0.6) is 0 Å². The van der Waals surface area contributed by atoms with Gasteiger partial charge in [0.25, 0.3) is 0 Å². The van der Waals surface area contributed by atoms with Gasteiger partial charge in [0.05, 0.1) is 13.2 Å². The molecular weight excluding hydrogens is 264 g/mol. The SMILES string of the molecule is Cc1nc(Nc2ccccc2C)cc(N2CCOCC2)n1. The Morgan fingerprint density at radius 2 is 1.86 bits per heavy atom. The Morgan fingerprint density at radius 1 is 1.10 bits per heavy atom. The number of aromatic nitrogens is 2. The summed E-state index contributed by atoms with van der Waals surface area (Å²) in [5.41, 5.74) is 2.27. The third kappa shape index (κ3) is 3.31. The second kappa shape index (κ2) is 6.10. The number of rotatable bonds is 3. The number of anilines is 3. The fourth-order valence-electron chi connectivity index (χ4n) is 2.42. The van der Waals surface area contributed by atoms with Gasteiger partial charge in [0.2, 0.25) is 0 Å². The zero-order valence-corrected chi connectivity index (χ0v) is 12.5. The zero-order valence-electron chi connectivity index (χ0n) is 12.5. The molecule has 110 valence electrons. The molecule has 5 heteroatoms. The first-order valence-electron chi connectivity index (χ1n) is 7.23. The molecule has 1 aliphatic rings. The van der Waals surface area contributed by atoms with Crippen LogP contribution in [0.3, 0.4) is 0 Å². The molecule has 21 heavy (non-hydrogen) atoms. The fourth-order valence-corrected chi connectivity index (χ4v) is 2.42. The summed E-state index contributed by atoms with van der Waals surface area (Å²) in [6, 6.07) is 10.2. The number of nitrogens with zero attached hydrogens (tertiary/aromatic N) is 3. The molecule has 0 spiro atoms. The van der Waals surface area contributed by atoms with E-state index in [-0.39, 0.29) is 0 Å². The molecule has 1 aromatic carbocycles. The van der Waals surface area contributed by atoms with Crippen molar-refractivity contribution in [3.05, 3.63) is 41.7 Å². The van der Waals surface area contributed by atoms with E-state index in [1.807, 2.05) is 25.1 Å². The first-order valence-corrected chi connectivity index (χ1v) is 7.23. The lowest BCUT2D eigenvalue weighted by molar-refractivity contribution is 0.122. The molecule has 1 aliphatic heterocycles. The van der Waals surface area contributed by atoms with Crippen LogP contribution in [0.4, 0.5) is 17.3 Å². The normalized spacial score (nSPS) is 15.0. The maximum absolute atomic E-state index is 5.39. The number of benzene rings is 1. The van der Waals surface area contributed by atoms with E-state index < -0.39 is 0 Å². The van der Waals surface area contributed by atoms with Crippen LogP contribution in [-0.2, 0) is 4.74 Å². The van der Waals surface area contributed by atoms with Crippen LogP contribution in [0.2, 0.25) is 0 Å². The summed E-state index contributed by atoms with van der Waals surface area (Å²) in [6.45, 7) is 7.26. The lowest BCUT2D eigenvalue weighted by Crippen LogP contribution is -2.36. The van der Waals surface area contributed by atoms with Gasteiger partial charge in [-0.15, -0.1) is 0 Å². The molecule has 0 aliphatic carbocycles. The lowest BCUT2D eigenvalue weighted by Gasteiger charge is -2.28. The highest BCUT2D eigenvalue weighted by molar-refractivity contribution is 5.62. The van der Waals surface area contributed by atoms with Crippen LogP contribution in [0.15, 0.2) is 30.3 Å². The number of para-hydroxylation sites is 1. The van der Waals surface area contributed by atoms with E-state index in [1.165, 1.54) is 5.56 Å². The van der Waals surface area contributed by atoms with Crippen LogP contribution in [0.1, 0.15) is 11.4 Å². The first-order chi connectivity index (χ1) is 10.2. The maximum atomic E-state index is 5.39. The third-order valence-corrected chi connectivity index (χ3v) is 3.57. The molecule has 0 bridgehead atoms. The van der Waals surface area contributed by atoms with Gasteiger partial charge in [0.1, 0.15) is 17.5 Å². The van der Waals surface area contributed by atoms with E-state index in [9.17, 15) is 0 Å². The van der Waals surface area contributed by atoms with Crippen molar-refractivity contribution >= 4 is 17.3 Å². The molecular formula is C16H20N4O. The number of hydrogen-bond donors (Lipinski definition) is 1. The average Bonchev–Trinajstić information content (AvgIpc) is 2.50. The number of aryl methyl sites for hydroxylation is 2. The standard InChI is InChI=1S/C16H20N4O/c1-12-5-3-4-6-14(12)19-15-11-16(18-13(2)17-15)20-7-9-21-10-8-20/h3-6,11H,7-10H2,1-2H3,(H,17,18,19). The van der Waals surface area contributed by atoms with Crippen molar-refractivity contribution in [1.29, 1.82) is 0 Å². The highest BCUT2D eigenvalue weighted by Gasteiger charge is 2.14. The summed E-state index contributed by atoms with van der Waals surface area (Å²) in [6.07, 6.45) is 0. The molecule has 5 nitrogen and oxygen atoms in total. The van der Waals surface area contributed by atoms with Gasteiger partial charge in [-0.25, -0.2) is 9.97 Å². The monoisotopic (exact) mass is 284 g/mol. The Morgan fingerprint density at radius 3 is 2.62 bits per heavy atom. The van der Waals surface area contributed by atoms with Gasteiger partial charge in [-0.05, 0) is 25.5 Å². The molecule has 0 unspecified atom stereocenters. The minimum absolute atomic E-state index is 0.754. The molecule has 1 aromatic heterocycles. The predicted octanol–water partition coefficient (Wildman–Crippen LogP) is 2.67. The second-order valence-corrected chi connectivity index (χ2v) is 5.20. The quantitative estimate of drug-likeness (QED) is 0.939. The number of nitrogens with one attached hydrogen (secondary N) is 1. The van der Waals surface area contributed by atoms with E-state index in [4.69, 9.17) is 4.74 Å². The van der Waals surface area contributed by atoms with Crippen molar-refractivity contribution < 1.29 is 4.74 Å². The van der Waals surface area contributed by atoms with Crippen molar-refractivity contribution in [2.75, 3.05) is 36.5 Å². The van der Waals surface area contributed by atoms with Crippen molar-refractivity contribution in [3.63, 3.8) is 0 Å². The van der Waals surface area contributed by atoms with E-state index >= 15 is 0 Å². The Hall–Kier alpha value is -2.14. The molecule has 2 heterocycles. The van der Waals surface area contributed by atoms with Crippen molar-refractivity contribution in [2.24, 2.45) is 0 Å². The first kappa shape index (κ1) is 13.8. The summed E-state index contributed by atoms with van der Waals surface area (Å²) >= 11 is 0. The van der Waals surface area contributed by atoms with Gasteiger partial charge in [-0.2, -0.15) is 0 Å². The molecule has 2 aromatic rings. The Labute approximate surface area is 125 Å². The summed E-state index contributed by atoms with van der Waals surface area (Å²) in [7, 11) is 0. The largest absolute Gasteiger partial charge is 0.378 e. The van der Waals surface area contributed by atoms with Crippen molar-refractivity contribution in [1.82, 2.24) is 9.97 Å². The van der Waals surface area contributed by atoms with E-state index in [0.717, 1.165) is 49.5 Å². The van der Waals surface area contributed by atoms with Gasteiger partial charge in [-0.3, -0.25) is 0 Å². The molecule has 1 N–H and O–H groups in total. The third-order valence-electron chi connectivity index (χ3n) is 3.57. The Bertz CT molecular complexity index is 623. The van der Waals surface area contributed by atoms with E-state index in [1.54, 1.807) is 0 Å². The van der Waals surface area contributed by atoms with Gasteiger partial charge in [-0.1, -0.05) is 18.2 Å². The Kier molecular flexibility index (Phi) is 4.01. The number of ether oxygens (including phenoxy) is 1. The number of hydrogen-bond acceptors (Lipinski definition) is 5. The van der Waals surface area contributed by atoms with Crippen molar-refractivity contribution in [2.45, 2.75) is 13.8 Å². The zero-order chi connectivity index (χ0) is 14.7. The van der Waals surface area contributed by atoms with Crippen LogP contribution < -0.4 is 10.2 Å². The van der Waals surface area contributed by atoms with E-state index in [0.29, 0.717) is 0 Å². The van der Waals surface area contributed by atoms with Gasteiger partial charge >= 0.3 is 0 Å². The van der Waals surface area contributed by atoms with Crippen LogP contribution in [0.25, 0.3) is 0 Å². The van der Waals surface area contributed by atoms with Crippen LogP contribution in [-0.4, -0.2) is 36.3 Å².